The molecule has 3 rings (SSSR count). The zero-order valence-corrected chi connectivity index (χ0v) is 16.8. The first-order valence-corrected chi connectivity index (χ1v) is 9.88. The molecule has 0 aliphatic rings. The number of rotatable bonds is 10. The van der Waals surface area contributed by atoms with E-state index in [4.69, 9.17) is 4.42 Å². The molecule has 0 aliphatic carbocycles. The second-order valence-corrected chi connectivity index (χ2v) is 6.84. The van der Waals surface area contributed by atoms with Crippen molar-refractivity contribution in [3.05, 3.63) is 42.1 Å². The number of hydrogen-bond donors (Lipinski definition) is 1. The normalized spacial score (nSPS) is 12.2. The van der Waals surface area contributed by atoms with E-state index in [1.54, 1.807) is 10.8 Å². The van der Waals surface area contributed by atoms with Gasteiger partial charge in [-0.2, -0.15) is 4.52 Å². The van der Waals surface area contributed by atoms with Crippen LogP contribution >= 0.6 is 0 Å². The maximum absolute atomic E-state index is 12.3. The molecule has 28 heavy (non-hydrogen) atoms. The average molecular weight is 384 g/mol. The maximum Gasteiger partial charge on any atom is 0.220 e. The summed E-state index contributed by atoms with van der Waals surface area (Å²) in [5.74, 6) is 2.52. The van der Waals surface area contributed by atoms with Gasteiger partial charge in [-0.1, -0.05) is 0 Å². The molecule has 0 radical (unpaired) electrons. The first-order valence-electron chi connectivity index (χ1n) is 9.88. The van der Waals surface area contributed by atoms with Crippen molar-refractivity contribution in [3.63, 3.8) is 0 Å². The van der Waals surface area contributed by atoms with Crippen LogP contribution in [-0.4, -0.2) is 44.8 Å². The highest BCUT2D eigenvalue weighted by molar-refractivity contribution is 5.76. The number of furan rings is 1. The molecule has 3 aromatic rings. The smallest absolute Gasteiger partial charge is 0.220 e. The molecular weight excluding hydrogens is 356 g/mol. The average Bonchev–Trinajstić information content (AvgIpc) is 3.35. The van der Waals surface area contributed by atoms with E-state index < -0.39 is 0 Å². The molecule has 0 fully saturated rings. The second kappa shape index (κ2) is 9.34. The minimum absolute atomic E-state index is 0.00333. The molecule has 0 aliphatic heterocycles. The van der Waals surface area contributed by atoms with Crippen LogP contribution in [0.15, 0.2) is 34.9 Å². The Labute approximate surface area is 164 Å². The quantitative estimate of drug-likeness (QED) is 0.578. The molecule has 3 aromatic heterocycles. The lowest BCUT2D eigenvalue weighted by Crippen LogP contribution is -2.33. The van der Waals surface area contributed by atoms with Gasteiger partial charge < -0.3 is 14.6 Å². The van der Waals surface area contributed by atoms with Gasteiger partial charge in [0, 0.05) is 38.4 Å². The van der Waals surface area contributed by atoms with Crippen LogP contribution in [0.1, 0.15) is 45.2 Å². The van der Waals surface area contributed by atoms with Crippen molar-refractivity contribution in [2.24, 2.45) is 0 Å². The van der Waals surface area contributed by atoms with Crippen molar-refractivity contribution in [3.8, 4) is 0 Å². The Kier molecular flexibility index (Phi) is 6.62. The predicted octanol–water partition coefficient (Wildman–Crippen LogP) is 2.63. The summed E-state index contributed by atoms with van der Waals surface area (Å²) >= 11 is 0. The third-order valence-corrected chi connectivity index (χ3v) is 4.79. The van der Waals surface area contributed by atoms with Crippen molar-refractivity contribution in [2.45, 2.75) is 52.5 Å². The molecule has 0 bridgehead atoms. The van der Waals surface area contributed by atoms with Crippen molar-refractivity contribution in [2.75, 3.05) is 18.0 Å². The Morgan fingerprint density at radius 3 is 2.75 bits per heavy atom. The van der Waals surface area contributed by atoms with E-state index in [1.165, 1.54) is 0 Å². The number of amides is 1. The Bertz CT molecular complexity index is 885. The third kappa shape index (κ3) is 4.88. The van der Waals surface area contributed by atoms with Gasteiger partial charge in [0.15, 0.2) is 11.5 Å². The van der Waals surface area contributed by atoms with Crippen LogP contribution < -0.4 is 10.2 Å². The predicted molar refractivity (Wildman–Crippen MR) is 107 cm³/mol. The number of aryl methyl sites for hydroxylation is 2. The minimum atomic E-state index is 0.00333. The Balaban J connectivity index is 1.55. The van der Waals surface area contributed by atoms with Crippen LogP contribution in [0.2, 0.25) is 0 Å². The summed E-state index contributed by atoms with van der Waals surface area (Å²) in [6, 6.07) is 7.77. The zero-order valence-electron chi connectivity index (χ0n) is 16.8. The molecule has 3 heterocycles. The number of nitrogens with zero attached hydrogens (tertiary/aromatic N) is 5. The van der Waals surface area contributed by atoms with E-state index in [0.717, 1.165) is 37.5 Å². The van der Waals surface area contributed by atoms with Crippen LogP contribution in [-0.2, 0) is 17.6 Å². The van der Waals surface area contributed by atoms with Crippen LogP contribution in [0.4, 0.5) is 5.82 Å². The van der Waals surface area contributed by atoms with Gasteiger partial charge in [0.05, 0.1) is 6.26 Å². The SMILES string of the molecule is CCN(CC)c1ccc2nnc(CCC(=O)N[C@H](C)CCc3ccco3)n2n1. The minimum Gasteiger partial charge on any atom is -0.469 e. The van der Waals surface area contributed by atoms with Gasteiger partial charge in [-0.15, -0.1) is 15.3 Å². The number of aromatic nitrogens is 4. The highest BCUT2D eigenvalue weighted by atomic mass is 16.3. The molecule has 0 saturated heterocycles. The molecule has 0 spiro atoms. The van der Waals surface area contributed by atoms with Gasteiger partial charge >= 0.3 is 0 Å². The van der Waals surface area contributed by atoms with Crippen LogP contribution in [0, 0.1) is 0 Å². The van der Waals surface area contributed by atoms with Gasteiger partial charge in [0.25, 0.3) is 0 Å². The number of fused-ring (bicyclic) bond motifs is 1. The Morgan fingerprint density at radius 1 is 1.21 bits per heavy atom. The Morgan fingerprint density at radius 2 is 2.04 bits per heavy atom. The van der Waals surface area contributed by atoms with E-state index in [1.807, 2.05) is 31.2 Å². The zero-order chi connectivity index (χ0) is 19.9. The molecule has 8 heteroatoms. The molecule has 8 nitrogen and oxygen atoms in total. The number of carbonyl (C=O) groups is 1. The topological polar surface area (TPSA) is 88.6 Å². The number of carbonyl (C=O) groups excluding carboxylic acids is 1. The highest BCUT2D eigenvalue weighted by Gasteiger charge is 2.13. The molecule has 1 atom stereocenters. The lowest BCUT2D eigenvalue weighted by atomic mass is 10.1. The monoisotopic (exact) mass is 384 g/mol. The Hall–Kier alpha value is -2.90. The van der Waals surface area contributed by atoms with Crippen LogP contribution in [0.25, 0.3) is 5.65 Å². The van der Waals surface area contributed by atoms with Crippen molar-refractivity contribution in [1.82, 2.24) is 25.1 Å². The fourth-order valence-electron chi connectivity index (χ4n) is 3.15. The lowest BCUT2D eigenvalue weighted by Gasteiger charge is -2.19. The molecule has 1 N–H and O–H groups in total. The number of nitrogens with one attached hydrogen (secondary N) is 1. The van der Waals surface area contributed by atoms with Crippen LogP contribution in [0.3, 0.4) is 0 Å². The molecular formula is C20H28N6O2. The summed E-state index contributed by atoms with van der Waals surface area (Å²) in [5, 5.41) is 16.0. The van der Waals surface area contributed by atoms with Gasteiger partial charge in [0.2, 0.25) is 5.91 Å². The summed E-state index contributed by atoms with van der Waals surface area (Å²) in [7, 11) is 0. The van der Waals surface area contributed by atoms with Gasteiger partial charge in [-0.3, -0.25) is 4.79 Å². The number of hydrogen-bond acceptors (Lipinski definition) is 6. The van der Waals surface area contributed by atoms with E-state index in [-0.39, 0.29) is 11.9 Å². The van der Waals surface area contributed by atoms with E-state index in [0.29, 0.717) is 24.3 Å². The molecule has 0 unspecified atom stereocenters. The van der Waals surface area contributed by atoms with E-state index in [9.17, 15) is 4.79 Å². The largest absolute Gasteiger partial charge is 0.469 e. The van der Waals surface area contributed by atoms with Crippen molar-refractivity contribution < 1.29 is 9.21 Å². The van der Waals surface area contributed by atoms with Gasteiger partial charge in [-0.05, 0) is 51.5 Å². The van der Waals surface area contributed by atoms with E-state index >= 15 is 0 Å². The maximum atomic E-state index is 12.3. The summed E-state index contributed by atoms with van der Waals surface area (Å²) in [4.78, 5) is 14.5. The van der Waals surface area contributed by atoms with Crippen molar-refractivity contribution in [1.29, 1.82) is 0 Å². The summed E-state index contributed by atoms with van der Waals surface area (Å²) in [6.07, 6.45) is 4.15. The molecule has 150 valence electrons. The van der Waals surface area contributed by atoms with Gasteiger partial charge in [0.1, 0.15) is 11.6 Å². The lowest BCUT2D eigenvalue weighted by molar-refractivity contribution is -0.121. The number of anilines is 1. The summed E-state index contributed by atoms with van der Waals surface area (Å²) < 4.78 is 7.07. The molecule has 1 amide bonds. The fourth-order valence-corrected chi connectivity index (χ4v) is 3.15. The van der Waals surface area contributed by atoms with Crippen LogP contribution in [0.5, 0.6) is 0 Å². The fraction of sp³-hybridized carbons (Fsp3) is 0.500. The second-order valence-electron chi connectivity index (χ2n) is 6.84. The summed E-state index contributed by atoms with van der Waals surface area (Å²) in [5.41, 5.74) is 0.693. The van der Waals surface area contributed by atoms with Crippen molar-refractivity contribution >= 4 is 17.4 Å². The molecule has 0 saturated carbocycles. The first kappa shape index (κ1) is 19.9. The standard InChI is InChI=1S/C20H28N6O2/c1-4-25(5-2)19-11-10-17-22-23-18(26(17)24-19)12-13-20(27)21-15(3)8-9-16-7-6-14-28-16/h6-7,10-11,14-15H,4-5,8-9,12-13H2,1-3H3,(H,21,27)/t15-/m1/s1. The third-order valence-electron chi connectivity index (χ3n) is 4.79. The summed E-state index contributed by atoms with van der Waals surface area (Å²) in [6.45, 7) is 7.96. The van der Waals surface area contributed by atoms with Gasteiger partial charge in [-0.25, -0.2) is 0 Å². The molecule has 0 aromatic carbocycles. The first-order chi connectivity index (χ1) is 13.6. The van der Waals surface area contributed by atoms with E-state index in [2.05, 4.69) is 39.4 Å². The highest BCUT2D eigenvalue weighted by Crippen LogP contribution is 2.13.